The first-order valence-corrected chi connectivity index (χ1v) is 40.6. The fourth-order valence-corrected chi connectivity index (χ4v) is 15.1. The second kappa shape index (κ2) is 37.2. The smallest absolute Gasteiger partial charge is 0.334 e. The molecule has 592 valence electrons. The van der Waals surface area contributed by atoms with E-state index in [4.69, 9.17) is 39.1 Å². The van der Waals surface area contributed by atoms with E-state index in [0.717, 1.165) is 66.8 Å². The van der Waals surface area contributed by atoms with Gasteiger partial charge in [-0.1, -0.05) is 333 Å². The minimum absolute atomic E-state index is 0.108. The molecule has 8 aromatic rings. The Bertz CT molecular complexity index is 3850. The Balaban J connectivity index is 0.000000349. The first-order valence-electron chi connectivity index (χ1n) is 35.9. The fourth-order valence-electron chi connectivity index (χ4n) is 14.0. The van der Waals surface area contributed by atoms with Crippen LogP contribution in [0, 0.1) is 10.8 Å². The summed E-state index contributed by atoms with van der Waals surface area (Å²) in [6.07, 6.45) is 0. The number of benzene rings is 8. The van der Waals surface area contributed by atoms with E-state index in [9.17, 15) is 40.9 Å². The van der Waals surface area contributed by atoms with Crippen LogP contribution in [-0.4, -0.2) is 120 Å². The van der Waals surface area contributed by atoms with Crippen LogP contribution in [0.1, 0.15) is 227 Å². The summed E-state index contributed by atoms with van der Waals surface area (Å²) in [5, 5.41) is 93.7. The molecule has 8 aromatic carbocycles. The number of aliphatic hydroxyl groups is 8. The first kappa shape index (κ1) is 93.4. The molecule has 0 fully saturated rings. The van der Waals surface area contributed by atoms with Gasteiger partial charge < -0.3 is 80.0 Å². The highest BCUT2D eigenvalue weighted by Gasteiger charge is 2.58. The molecule has 0 heterocycles. The highest BCUT2D eigenvalue weighted by Crippen LogP contribution is 2.56. The molecule has 0 amide bonds. The summed E-state index contributed by atoms with van der Waals surface area (Å²) in [6.45, 7) is 39.2. The molecule has 22 heteroatoms. The third-order valence-corrected chi connectivity index (χ3v) is 23.7. The van der Waals surface area contributed by atoms with E-state index in [2.05, 4.69) is 256 Å². The van der Waals surface area contributed by atoms with E-state index in [-0.39, 0.29) is 21.7 Å². The van der Waals surface area contributed by atoms with Crippen LogP contribution in [0.5, 0.6) is 0 Å². The fraction of sp³-hybridized carbons (Fsp3) is 0.442. The molecule has 0 aliphatic heterocycles. The van der Waals surface area contributed by atoms with Crippen molar-refractivity contribution >= 4 is 34.4 Å². The molecule has 0 atom stereocenters. The summed E-state index contributed by atoms with van der Waals surface area (Å²) >= 11 is 0. The highest BCUT2D eigenvalue weighted by atomic mass is 31.2. The summed E-state index contributed by atoms with van der Waals surface area (Å²) < 4.78 is 7.20. The van der Waals surface area contributed by atoms with Gasteiger partial charge in [0.2, 0.25) is 0 Å². The quantitative estimate of drug-likeness (QED) is 0.0250. The van der Waals surface area contributed by atoms with Crippen LogP contribution in [-0.2, 0) is 63.1 Å². The summed E-state index contributed by atoms with van der Waals surface area (Å²) in [5.74, 6) is 0. The minimum atomic E-state index is -2.61. The first-order chi connectivity index (χ1) is 49.9. The molecule has 0 aromatic heterocycles. The maximum Gasteiger partial charge on any atom is 0.334 e. The predicted molar refractivity (Wildman–Crippen MR) is 436 cm³/mol. The zero-order valence-corrected chi connectivity index (χ0v) is 70.1. The van der Waals surface area contributed by atoms with Crippen LogP contribution >= 0.6 is 34.4 Å². The van der Waals surface area contributed by atoms with Gasteiger partial charge in [-0.3, -0.25) is 0 Å². The molecule has 16 N–H and O–H groups in total. The lowest BCUT2D eigenvalue weighted by molar-refractivity contribution is -0.137. The Hall–Kier alpha value is -5.24. The Kier molecular flexibility index (Phi) is 32.1. The molecule has 0 bridgehead atoms. The van der Waals surface area contributed by atoms with Gasteiger partial charge in [0.15, 0.2) is 0 Å². The predicted octanol–water partition coefficient (Wildman–Crippen LogP) is 15.1. The minimum Gasteiger partial charge on any atom is -0.395 e. The van der Waals surface area contributed by atoms with Crippen LogP contribution in [0.4, 0.5) is 0 Å². The summed E-state index contributed by atoms with van der Waals surface area (Å²) in [7, 11) is -10.4. The van der Waals surface area contributed by atoms with Gasteiger partial charge in [0, 0.05) is 21.7 Å². The van der Waals surface area contributed by atoms with Crippen LogP contribution in [0.2, 0.25) is 0 Å². The van der Waals surface area contributed by atoms with E-state index < -0.39 is 118 Å². The maximum absolute atomic E-state index is 14.2. The molecule has 0 spiro atoms. The molecule has 0 aliphatic rings. The van der Waals surface area contributed by atoms with Crippen LogP contribution in [0.15, 0.2) is 194 Å². The Labute approximate surface area is 646 Å². The van der Waals surface area contributed by atoms with Crippen molar-refractivity contribution in [2.75, 3.05) is 39.6 Å². The molecule has 108 heavy (non-hydrogen) atoms. The monoisotopic (exact) mass is 1560 g/mol. The molecule has 18 nitrogen and oxygen atoms in total. The topological polar surface area (TPSA) is 342 Å². The number of hydrogen-bond donors (Lipinski definition) is 16. The third-order valence-electron chi connectivity index (χ3n) is 21.4. The van der Waals surface area contributed by atoms with Crippen LogP contribution < -0.4 is 0 Å². The normalized spacial score (nSPS) is 13.3. The SMILES string of the molecule is CC(C)(C)c1ccc(C(O)(c2ccc(C(C)(C)C)cc2C(C)(C)C)C(CO)(CO)CO)c(C(C)(C)C)c1.CC(C)(c1ccccc1)c1ccc(C(O)(c2ccc(C(C)(C)c3ccccc3)cc2C(C)(C)c2ccccc2)C(CO)(CO)CO)c(C(C)(C)c2ccccc2)c1.OP(O)OP(O)O.OP(O)OP(O)O. The third kappa shape index (κ3) is 21.0. The Morgan fingerprint density at radius 2 is 0.417 bits per heavy atom. The lowest BCUT2D eigenvalue weighted by Crippen LogP contribution is -2.56. The molecule has 0 saturated heterocycles. The zero-order valence-electron chi connectivity index (χ0n) is 66.5. The number of hydrogen-bond acceptors (Lipinski definition) is 18. The van der Waals surface area contributed by atoms with Crippen molar-refractivity contribution in [3.8, 4) is 0 Å². The van der Waals surface area contributed by atoms with Crippen molar-refractivity contribution in [3.05, 3.63) is 283 Å². The van der Waals surface area contributed by atoms with Gasteiger partial charge in [-0.2, -0.15) is 0 Å². The molecule has 0 radical (unpaired) electrons. The van der Waals surface area contributed by atoms with Gasteiger partial charge in [0.25, 0.3) is 0 Å². The van der Waals surface area contributed by atoms with E-state index >= 15 is 0 Å². The average molecular weight is 1570 g/mol. The standard InChI is InChI=1S/C53H60O4.C33H52O4.2H4O5P2/c1-48(2,38-21-13-9-14-22-38)42-29-31-44(46(33-42)50(5,6)40-25-17-11-18-26-40)53(57,52(35-54,36-55)37-56)45-32-30-43(49(3,4)39-23-15-10-16-24-39)34-47(45)51(7,8)41-27-19-12-20-28-41;1-28(2,3)22-13-15-24(26(17-22)30(7,8)9)33(37,32(19-34,20-35)21-36)25-16-14-23(29(4,5)6)18-27(25)31(10,11)12;2*1-6(2)5-7(3)4/h9-34,54-57H,35-37H2,1-8H3;13-18,34-37H,19-21H2,1-12H3;2*1-4H. The van der Waals surface area contributed by atoms with Gasteiger partial charge in [-0.05, 0) is 111 Å². The van der Waals surface area contributed by atoms with Gasteiger partial charge in [0.05, 0.1) is 50.5 Å². The van der Waals surface area contributed by atoms with Crippen molar-refractivity contribution in [2.45, 2.75) is 193 Å². The highest BCUT2D eigenvalue weighted by molar-refractivity contribution is 7.53. The largest absolute Gasteiger partial charge is 0.395 e. The van der Waals surface area contributed by atoms with E-state index in [1.54, 1.807) is 0 Å². The summed E-state index contributed by atoms with van der Waals surface area (Å²) in [6, 6.07) is 65.9. The van der Waals surface area contributed by atoms with Crippen LogP contribution in [0.3, 0.4) is 0 Å². The Morgan fingerprint density at radius 3 is 0.602 bits per heavy atom. The Morgan fingerprint density at radius 1 is 0.222 bits per heavy atom. The van der Waals surface area contributed by atoms with Crippen LogP contribution in [0.25, 0.3) is 0 Å². The van der Waals surface area contributed by atoms with Gasteiger partial charge in [-0.15, -0.1) is 0 Å². The molecular weight excluding hydrogens is 1440 g/mol. The molecule has 8 rings (SSSR count). The second-order valence-electron chi connectivity index (χ2n) is 34.1. The lowest BCUT2D eigenvalue weighted by Gasteiger charge is -2.49. The van der Waals surface area contributed by atoms with Gasteiger partial charge >= 0.3 is 34.4 Å². The lowest BCUT2D eigenvalue weighted by atomic mass is 9.58. The van der Waals surface area contributed by atoms with Crippen molar-refractivity contribution < 1.29 is 88.6 Å². The van der Waals surface area contributed by atoms with Gasteiger partial charge in [-0.25, -0.2) is 8.62 Å². The van der Waals surface area contributed by atoms with Crippen molar-refractivity contribution in [1.29, 1.82) is 0 Å². The van der Waals surface area contributed by atoms with Gasteiger partial charge in [0.1, 0.15) is 11.2 Å². The van der Waals surface area contributed by atoms with Crippen molar-refractivity contribution in [3.63, 3.8) is 0 Å². The molecule has 0 unspecified atom stereocenters. The molecule has 0 saturated carbocycles. The summed E-state index contributed by atoms with van der Waals surface area (Å²) in [5.41, 5.74) is 3.94. The van der Waals surface area contributed by atoms with E-state index in [1.165, 1.54) is 0 Å². The van der Waals surface area contributed by atoms with Crippen molar-refractivity contribution in [2.24, 2.45) is 10.8 Å². The zero-order chi connectivity index (χ0) is 81.8. The number of rotatable bonds is 24. The second-order valence-corrected chi connectivity index (χ2v) is 37.4. The van der Waals surface area contributed by atoms with E-state index in [1.807, 2.05) is 84.9 Å². The summed E-state index contributed by atoms with van der Waals surface area (Å²) in [4.78, 5) is 62.5. The van der Waals surface area contributed by atoms with Crippen molar-refractivity contribution in [1.82, 2.24) is 0 Å². The molecular formula is C86H120O18P4. The number of aliphatic hydroxyl groups excluding tert-OH is 6. The molecule has 0 aliphatic carbocycles. The maximum atomic E-state index is 14.2. The van der Waals surface area contributed by atoms with E-state index in [0.29, 0.717) is 22.3 Å². The average Bonchev–Trinajstić information content (AvgIpc) is 0.704.